The molecule has 4 heteroatoms. The third kappa shape index (κ3) is 2.42. The van der Waals surface area contributed by atoms with Gasteiger partial charge in [-0.25, -0.2) is 0 Å². The monoisotopic (exact) mass is 253 g/mol. The van der Waals surface area contributed by atoms with E-state index in [2.05, 4.69) is 15.6 Å². The van der Waals surface area contributed by atoms with Crippen LogP contribution in [-0.2, 0) is 11.3 Å². The lowest BCUT2D eigenvalue weighted by Crippen LogP contribution is -2.29. The van der Waals surface area contributed by atoms with Gasteiger partial charge < -0.3 is 10.6 Å². The minimum atomic E-state index is -0.0990. The normalized spacial score (nSPS) is 16.5. The van der Waals surface area contributed by atoms with Crippen molar-refractivity contribution in [2.75, 3.05) is 11.9 Å². The number of amides is 1. The van der Waals surface area contributed by atoms with E-state index in [4.69, 9.17) is 0 Å². The highest BCUT2D eigenvalue weighted by Crippen LogP contribution is 2.30. The summed E-state index contributed by atoms with van der Waals surface area (Å²) in [6, 6.07) is 11.8. The highest BCUT2D eigenvalue weighted by molar-refractivity contribution is 5.88. The maximum Gasteiger partial charge on any atom is 0.229 e. The van der Waals surface area contributed by atoms with Gasteiger partial charge in [-0.1, -0.05) is 18.2 Å². The second kappa shape index (κ2) is 5.10. The van der Waals surface area contributed by atoms with Gasteiger partial charge in [-0.3, -0.25) is 9.78 Å². The zero-order valence-electron chi connectivity index (χ0n) is 10.5. The van der Waals surface area contributed by atoms with Gasteiger partial charge in [0.25, 0.3) is 0 Å². The van der Waals surface area contributed by atoms with Crippen LogP contribution in [0.5, 0.6) is 0 Å². The van der Waals surface area contributed by atoms with Crippen molar-refractivity contribution in [3.05, 3.63) is 59.9 Å². The molecular formula is C15H15N3O. The number of carbonyl (C=O) groups excluding carboxylic acids is 1. The van der Waals surface area contributed by atoms with Crippen LogP contribution >= 0.6 is 0 Å². The fourth-order valence-electron chi connectivity index (χ4n) is 2.33. The number of hydrogen-bond donors (Lipinski definition) is 2. The van der Waals surface area contributed by atoms with Crippen molar-refractivity contribution >= 4 is 11.6 Å². The first kappa shape index (κ1) is 11.7. The number of anilines is 1. The van der Waals surface area contributed by atoms with Crippen molar-refractivity contribution < 1.29 is 4.79 Å². The molecule has 96 valence electrons. The van der Waals surface area contributed by atoms with E-state index in [1.807, 2.05) is 36.4 Å². The molecule has 0 saturated carbocycles. The summed E-state index contributed by atoms with van der Waals surface area (Å²) in [4.78, 5) is 16.2. The van der Waals surface area contributed by atoms with Crippen LogP contribution in [-0.4, -0.2) is 17.4 Å². The summed E-state index contributed by atoms with van der Waals surface area (Å²) in [6.07, 6.45) is 3.46. The first-order chi connectivity index (χ1) is 9.34. The average Bonchev–Trinajstić information content (AvgIpc) is 2.90. The molecule has 1 aromatic carbocycles. The molecule has 0 spiro atoms. The van der Waals surface area contributed by atoms with Crippen LogP contribution in [0.25, 0.3) is 0 Å². The molecular weight excluding hydrogens is 238 g/mol. The van der Waals surface area contributed by atoms with Crippen LogP contribution < -0.4 is 10.6 Å². The Morgan fingerprint density at radius 1 is 1.26 bits per heavy atom. The standard InChI is InChI=1S/C15H15N3O/c19-15(18-9-11-5-7-16-8-6-11)13-10-17-14-4-2-1-3-12(13)14/h1-8,13,17H,9-10H2,(H,18,19). The van der Waals surface area contributed by atoms with Crippen LogP contribution in [0.1, 0.15) is 17.0 Å². The van der Waals surface area contributed by atoms with Crippen LogP contribution in [0.3, 0.4) is 0 Å². The summed E-state index contributed by atoms with van der Waals surface area (Å²) in [6.45, 7) is 1.21. The van der Waals surface area contributed by atoms with E-state index in [1.54, 1.807) is 12.4 Å². The molecule has 0 bridgehead atoms. The number of pyridine rings is 1. The van der Waals surface area contributed by atoms with Crippen LogP contribution in [0, 0.1) is 0 Å². The molecule has 0 radical (unpaired) electrons. The summed E-state index contributed by atoms with van der Waals surface area (Å²) in [5.74, 6) is -0.0349. The topological polar surface area (TPSA) is 54.0 Å². The molecule has 1 aliphatic heterocycles. The molecule has 2 heterocycles. The summed E-state index contributed by atoms with van der Waals surface area (Å²) < 4.78 is 0. The van der Waals surface area contributed by atoms with Crippen molar-refractivity contribution in [1.29, 1.82) is 0 Å². The molecule has 2 N–H and O–H groups in total. The minimum Gasteiger partial charge on any atom is -0.384 e. The lowest BCUT2D eigenvalue weighted by molar-refractivity contribution is -0.122. The summed E-state index contributed by atoms with van der Waals surface area (Å²) in [5.41, 5.74) is 3.20. The number of hydrogen-bond acceptors (Lipinski definition) is 3. The van der Waals surface area contributed by atoms with Crippen LogP contribution in [0.4, 0.5) is 5.69 Å². The van der Waals surface area contributed by atoms with E-state index in [1.165, 1.54) is 0 Å². The number of nitrogens with one attached hydrogen (secondary N) is 2. The molecule has 1 aliphatic rings. The van der Waals surface area contributed by atoms with Gasteiger partial charge in [0.05, 0.1) is 5.92 Å². The van der Waals surface area contributed by atoms with Crippen molar-refractivity contribution in [1.82, 2.24) is 10.3 Å². The highest BCUT2D eigenvalue weighted by Gasteiger charge is 2.27. The molecule has 1 unspecified atom stereocenters. The quantitative estimate of drug-likeness (QED) is 0.878. The molecule has 0 fully saturated rings. The Kier molecular flexibility index (Phi) is 3.14. The number of aromatic nitrogens is 1. The molecule has 2 aromatic rings. The number of fused-ring (bicyclic) bond motifs is 1. The van der Waals surface area contributed by atoms with Gasteiger partial charge in [-0.2, -0.15) is 0 Å². The largest absolute Gasteiger partial charge is 0.384 e. The maximum absolute atomic E-state index is 12.2. The first-order valence-corrected chi connectivity index (χ1v) is 6.34. The fourth-order valence-corrected chi connectivity index (χ4v) is 2.33. The van der Waals surface area contributed by atoms with Gasteiger partial charge in [0.15, 0.2) is 0 Å². The first-order valence-electron chi connectivity index (χ1n) is 6.34. The van der Waals surface area contributed by atoms with Gasteiger partial charge in [-0.05, 0) is 29.3 Å². The van der Waals surface area contributed by atoms with Crippen molar-refractivity contribution in [2.24, 2.45) is 0 Å². The van der Waals surface area contributed by atoms with Gasteiger partial charge in [0.2, 0.25) is 5.91 Å². The third-order valence-electron chi connectivity index (χ3n) is 3.37. The Morgan fingerprint density at radius 3 is 2.89 bits per heavy atom. The fraction of sp³-hybridized carbons (Fsp3) is 0.200. The molecule has 0 saturated heterocycles. The lowest BCUT2D eigenvalue weighted by atomic mass is 10.0. The highest BCUT2D eigenvalue weighted by atomic mass is 16.1. The molecule has 1 atom stereocenters. The van der Waals surface area contributed by atoms with E-state index in [9.17, 15) is 4.79 Å². The van der Waals surface area contributed by atoms with Crippen LogP contribution in [0.2, 0.25) is 0 Å². The second-order valence-electron chi connectivity index (χ2n) is 4.59. The van der Waals surface area contributed by atoms with E-state index < -0.39 is 0 Å². The lowest BCUT2D eigenvalue weighted by Gasteiger charge is -2.11. The van der Waals surface area contributed by atoms with Crippen LogP contribution in [0.15, 0.2) is 48.8 Å². The molecule has 4 nitrogen and oxygen atoms in total. The molecule has 3 rings (SSSR count). The zero-order chi connectivity index (χ0) is 13.1. The average molecular weight is 253 g/mol. The summed E-state index contributed by atoms with van der Waals surface area (Å²) >= 11 is 0. The predicted octanol–water partition coefficient (Wildman–Crippen LogP) is 1.91. The van der Waals surface area contributed by atoms with E-state index >= 15 is 0 Å². The molecule has 0 aliphatic carbocycles. The van der Waals surface area contributed by atoms with Gasteiger partial charge in [0, 0.05) is 31.2 Å². The van der Waals surface area contributed by atoms with Gasteiger partial charge >= 0.3 is 0 Å². The number of nitrogens with zero attached hydrogens (tertiary/aromatic N) is 1. The van der Waals surface area contributed by atoms with Gasteiger partial charge in [-0.15, -0.1) is 0 Å². The number of benzene rings is 1. The summed E-state index contributed by atoms with van der Waals surface area (Å²) in [5, 5.41) is 6.23. The van der Waals surface area contributed by atoms with Crippen molar-refractivity contribution in [3.63, 3.8) is 0 Å². The Labute approximate surface area is 111 Å². The number of para-hydroxylation sites is 1. The second-order valence-corrected chi connectivity index (χ2v) is 4.59. The van der Waals surface area contributed by atoms with E-state index in [0.717, 1.165) is 16.8 Å². The Balaban J connectivity index is 1.66. The Bertz CT molecular complexity index is 583. The SMILES string of the molecule is O=C(NCc1ccncc1)C1CNc2ccccc21. The Morgan fingerprint density at radius 2 is 2.05 bits per heavy atom. The van der Waals surface area contributed by atoms with Crippen molar-refractivity contribution in [2.45, 2.75) is 12.5 Å². The molecule has 1 amide bonds. The number of rotatable bonds is 3. The summed E-state index contributed by atoms with van der Waals surface area (Å²) in [7, 11) is 0. The minimum absolute atomic E-state index is 0.0641. The Hall–Kier alpha value is -2.36. The molecule has 1 aromatic heterocycles. The van der Waals surface area contributed by atoms with Crippen molar-refractivity contribution in [3.8, 4) is 0 Å². The third-order valence-corrected chi connectivity index (χ3v) is 3.37. The van der Waals surface area contributed by atoms with E-state index in [0.29, 0.717) is 13.1 Å². The maximum atomic E-state index is 12.2. The smallest absolute Gasteiger partial charge is 0.229 e. The van der Waals surface area contributed by atoms with Gasteiger partial charge in [0.1, 0.15) is 0 Å². The number of carbonyl (C=O) groups is 1. The predicted molar refractivity (Wildman–Crippen MR) is 73.8 cm³/mol. The zero-order valence-corrected chi connectivity index (χ0v) is 10.5. The molecule has 19 heavy (non-hydrogen) atoms. The van der Waals surface area contributed by atoms with E-state index in [-0.39, 0.29) is 11.8 Å².